The number of carbonyl (C=O) groups excluding carboxylic acids is 1. The highest BCUT2D eigenvalue weighted by Gasteiger charge is 2.06. The smallest absolute Gasteiger partial charge is 0.243 e. The number of nitrogens with one attached hydrogen (secondary N) is 2. The van der Waals surface area contributed by atoms with Crippen molar-refractivity contribution in [2.75, 3.05) is 23.8 Å². The Morgan fingerprint density at radius 3 is 2.87 bits per heavy atom. The van der Waals surface area contributed by atoms with Gasteiger partial charge in [-0.3, -0.25) is 4.79 Å². The van der Waals surface area contributed by atoms with Gasteiger partial charge < -0.3 is 15.4 Å². The Labute approximate surface area is 141 Å². The van der Waals surface area contributed by atoms with Crippen LogP contribution in [0.5, 0.6) is 5.75 Å². The van der Waals surface area contributed by atoms with Crippen LogP contribution in [0.15, 0.2) is 55.1 Å². The molecule has 0 saturated carbocycles. The highest BCUT2D eigenvalue weighted by molar-refractivity contribution is 6.31. The summed E-state index contributed by atoms with van der Waals surface area (Å²) in [5.74, 6) is 0.534. The lowest BCUT2D eigenvalue weighted by Crippen LogP contribution is -2.22. The molecule has 5 heteroatoms. The maximum atomic E-state index is 12.0. The molecule has 4 nitrogen and oxygen atoms in total. The van der Waals surface area contributed by atoms with Gasteiger partial charge in [-0.25, -0.2) is 0 Å². The third-order valence-corrected chi connectivity index (χ3v) is 3.60. The second kappa shape index (κ2) is 8.25. The summed E-state index contributed by atoms with van der Waals surface area (Å²) in [7, 11) is 0. The normalized spacial score (nSPS) is 10.0. The second-order valence-corrected chi connectivity index (χ2v) is 5.35. The molecule has 0 unspecified atom stereocenters. The molecule has 2 aromatic carbocycles. The fraction of sp³-hybridized carbons (Fsp3) is 0.167. The SMILES string of the molecule is C=CCOc1cccc(NC(=O)CNc2cccc(Cl)c2C)c1. The van der Waals surface area contributed by atoms with E-state index in [0.29, 0.717) is 23.1 Å². The maximum Gasteiger partial charge on any atom is 0.243 e. The Morgan fingerprint density at radius 2 is 2.09 bits per heavy atom. The molecule has 0 aliphatic rings. The number of hydrogen-bond acceptors (Lipinski definition) is 3. The molecule has 0 aliphatic heterocycles. The predicted molar refractivity (Wildman–Crippen MR) is 95.4 cm³/mol. The predicted octanol–water partition coefficient (Wildman–Crippen LogP) is 4.26. The molecule has 0 aromatic heterocycles. The van der Waals surface area contributed by atoms with Crippen LogP contribution in [0.4, 0.5) is 11.4 Å². The number of rotatable bonds is 7. The van der Waals surface area contributed by atoms with Gasteiger partial charge in [-0.1, -0.05) is 36.4 Å². The first-order valence-corrected chi connectivity index (χ1v) is 7.60. The van der Waals surface area contributed by atoms with E-state index in [-0.39, 0.29) is 12.5 Å². The Morgan fingerprint density at radius 1 is 1.30 bits per heavy atom. The van der Waals surface area contributed by atoms with Crippen molar-refractivity contribution in [2.45, 2.75) is 6.92 Å². The van der Waals surface area contributed by atoms with Crippen molar-refractivity contribution >= 4 is 28.9 Å². The lowest BCUT2D eigenvalue weighted by molar-refractivity contribution is -0.114. The van der Waals surface area contributed by atoms with E-state index < -0.39 is 0 Å². The fourth-order valence-corrected chi connectivity index (χ4v) is 2.17. The Balaban J connectivity index is 1.92. The van der Waals surface area contributed by atoms with Gasteiger partial charge in [0, 0.05) is 22.5 Å². The average molecular weight is 331 g/mol. The van der Waals surface area contributed by atoms with Crippen molar-refractivity contribution in [3.05, 3.63) is 65.7 Å². The minimum absolute atomic E-state index is 0.148. The van der Waals surface area contributed by atoms with Crippen LogP contribution in [-0.4, -0.2) is 19.1 Å². The molecule has 120 valence electrons. The van der Waals surface area contributed by atoms with E-state index in [1.54, 1.807) is 12.1 Å². The van der Waals surface area contributed by atoms with Gasteiger partial charge in [-0.05, 0) is 36.8 Å². The average Bonchev–Trinajstić information content (AvgIpc) is 2.54. The summed E-state index contributed by atoms with van der Waals surface area (Å²) in [6.45, 7) is 6.08. The van der Waals surface area contributed by atoms with Crippen molar-refractivity contribution in [3.63, 3.8) is 0 Å². The molecule has 23 heavy (non-hydrogen) atoms. The lowest BCUT2D eigenvalue weighted by atomic mass is 10.2. The van der Waals surface area contributed by atoms with Crippen LogP contribution in [0.3, 0.4) is 0 Å². The largest absolute Gasteiger partial charge is 0.489 e. The Hall–Kier alpha value is -2.46. The molecule has 0 spiro atoms. The van der Waals surface area contributed by atoms with Gasteiger partial charge in [-0.2, -0.15) is 0 Å². The van der Waals surface area contributed by atoms with Crippen LogP contribution in [0.1, 0.15) is 5.56 Å². The maximum absolute atomic E-state index is 12.0. The van der Waals surface area contributed by atoms with Crippen molar-refractivity contribution < 1.29 is 9.53 Å². The molecule has 0 fully saturated rings. The molecule has 2 aromatic rings. The molecule has 1 amide bonds. The van der Waals surface area contributed by atoms with Crippen LogP contribution in [-0.2, 0) is 4.79 Å². The van der Waals surface area contributed by atoms with Crippen molar-refractivity contribution in [2.24, 2.45) is 0 Å². The van der Waals surface area contributed by atoms with Gasteiger partial charge in [0.05, 0.1) is 6.54 Å². The van der Waals surface area contributed by atoms with Crippen LogP contribution in [0.2, 0.25) is 5.02 Å². The molecule has 0 saturated heterocycles. The van der Waals surface area contributed by atoms with Crippen molar-refractivity contribution in [1.29, 1.82) is 0 Å². The topological polar surface area (TPSA) is 50.4 Å². The van der Waals surface area contributed by atoms with Gasteiger partial charge in [0.1, 0.15) is 12.4 Å². The van der Waals surface area contributed by atoms with Crippen LogP contribution < -0.4 is 15.4 Å². The minimum atomic E-state index is -0.148. The first kappa shape index (κ1) is 16.9. The summed E-state index contributed by atoms with van der Waals surface area (Å²) in [6.07, 6.45) is 1.67. The molecule has 0 atom stereocenters. The van der Waals surface area contributed by atoms with Crippen LogP contribution in [0, 0.1) is 6.92 Å². The summed E-state index contributed by atoms with van der Waals surface area (Å²) < 4.78 is 5.44. The first-order valence-electron chi connectivity index (χ1n) is 7.22. The molecule has 0 aliphatic carbocycles. The minimum Gasteiger partial charge on any atom is -0.489 e. The third-order valence-electron chi connectivity index (χ3n) is 3.19. The number of carbonyl (C=O) groups is 1. The molecular weight excluding hydrogens is 312 g/mol. The van der Waals surface area contributed by atoms with Crippen molar-refractivity contribution in [3.8, 4) is 5.75 Å². The van der Waals surface area contributed by atoms with E-state index in [1.165, 1.54) is 0 Å². The highest BCUT2D eigenvalue weighted by Crippen LogP contribution is 2.22. The Kier molecular flexibility index (Phi) is 6.06. The summed E-state index contributed by atoms with van der Waals surface area (Å²) >= 11 is 6.06. The monoisotopic (exact) mass is 330 g/mol. The number of hydrogen-bond donors (Lipinski definition) is 2. The van der Waals surface area contributed by atoms with Crippen molar-refractivity contribution in [1.82, 2.24) is 0 Å². The molecule has 0 heterocycles. The fourth-order valence-electron chi connectivity index (χ4n) is 2.00. The van der Waals surface area contributed by atoms with E-state index in [2.05, 4.69) is 17.2 Å². The summed E-state index contributed by atoms with van der Waals surface area (Å²) in [4.78, 5) is 12.0. The standard InChI is InChI=1S/C18H19ClN2O2/c1-3-10-23-15-7-4-6-14(11-15)21-18(22)12-20-17-9-5-8-16(19)13(17)2/h3-9,11,20H,1,10,12H2,2H3,(H,21,22). The second-order valence-electron chi connectivity index (χ2n) is 4.94. The first-order chi connectivity index (χ1) is 11.1. The van der Waals surface area contributed by atoms with Crippen LogP contribution >= 0.6 is 11.6 Å². The number of anilines is 2. The van der Waals surface area contributed by atoms with E-state index in [4.69, 9.17) is 16.3 Å². The molecule has 0 bridgehead atoms. The van der Waals surface area contributed by atoms with Gasteiger partial charge in [0.15, 0.2) is 0 Å². The number of ether oxygens (including phenoxy) is 1. The van der Waals surface area contributed by atoms with E-state index in [1.807, 2.05) is 43.3 Å². The Bertz CT molecular complexity index is 701. The van der Waals surface area contributed by atoms with E-state index in [0.717, 1.165) is 11.3 Å². The van der Waals surface area contributed by atoms with Gasteiger partial charge >= 0.3 is 0 Å². The quantitative estimate of drug-likeness (QED) is 0.746. The number of amides is 1. The summed E-state index contributed by atoms with van der Waals surface area (Å²) in [6, 6.07) is 12.8. The summed E-state index contributed by atoms with van der Waals surface area (Å²) in [5, 5.41) is 6.57. The van der Waals surface area contributed by atoms with Gasteiger partial charge in [0.25, 0.3) is 0 Å². The highest BCUT2D eigenvalue weighted by atomic mass is 35.5. The lowest BCUT2D eigenvalue weighted by Gasteiger charge is -2.11. The molecule has 2 N–H and O–H groups in total. The van der Waals surface area contributed by atoms with E-state index >= 15 is 0 Å². The summed E-state index contributed by atoms with van der Waals surface area (Å²) in [5.41, 5.74) is 2.44. The van der Waals surface area contributed by atoms with E-state index in [9.17, 15) is 4.79 Å². The van der Waals surface area contributed by atoms with Crippen LogP contribution in [0.25, 0.3) is 0 Å². The molecular formula is C18H19ClN2O2. The number of halogens is 1. The molecule has 2 rings (SSSR count). The van der Waals surface area contributed by atoms with Gasteiger partial charge in [-0.15, -0.1) is 0 Å². The van der Waals surface area contributed by atoms with Gasteiger partial charge in [0.2, 0.25) is 5.91 Å². The third kappa shape index (κ3) is 5.04. The molecule has 0 radical (unpaired) electrons. The zero-order valence-corrected chi connectivity index (χ0v) is 13.7. The number of benzene rings is 2. The zero-order chi connectivity index (χ0) is 16.7. The zero-order valence-electron chi connectivity index (χ0n) is 12.9.